The van der Waals surface area contributed by atoms with E-state index in [4.69, 9.17) is 9.15 Å². The third kappa shape index (κ3) is 5.16. The number of rotatable bonds is 8. The molecule has 4 aromatic rings. The molecule has 0 atom stereocenters. The zero-order valence-corrected chi connectivity index (χ0v) is 19.0. The number of para-hydroxylation sites is 1. The van der Waals surface area contributed by atoms with Gasteiger partial charge in [0.25, 0.3) is 5.91 Å². The summed E-state index contributed by atoms with van der Waals surface area (Å²) in [6.07, 6.45) is 0. The molecule has 0 radical (unpaired) electrons. The largest absolute Gasteiger partial charge is 0.451 e. The topological polar surface area (TPSA) is 106 Å². The van der Waals surface area contributed by atoms with E-state index in [1.165, 1.54) is 30.2 Å². The molecule has 2 aromatic carbocycles. The maximum Gasteiger partial charge on any atom is 0.291 e. The van der Waals surface area contributed by atoms with Crippen LogP contribution >= 0.6 is 23.1 Å². The molecule has 0 saturated heterocycles. The molecule has 164 valence electrons. The number of fused-ring (bicyclic) bond motifs is 1. The number of benzene rings is 2. The van der Waals surface area contributed by atoms with Crippen molar-refractivity contribution in [1.82, 2.24) is 10.2 Å². The summed E-state index contributed by atoms with van der Waals surface area (Å²) < 4.78 is 11.5. The summed E-state index contributed by atoms with van der Waals surface area (Å²) in [5.41, 5.74) is 2.65. The highest BCUT2D eigenvalue weighted by atomic mass is 32.2. The van der Waals surface area contributed by atoms with Gasteiger partial charge in [0.05, 0.1) is 0 Å². The van der Waals surface area contributed by atoms with Gasteiger partial charge in [0, 0.05) is 35.2 Å². The molecule has 2 amide bonds. The summed E-state index contributed by atoms with van der Waals surface area (Å²) in [6.45, 7) is 1.88. The quantitative estimate of drug-likeness (QED) is 0.360. The van der Waals surface area contributed by atoms with Gasteiger partial charge in [-0.05, 0) is 37.3 Å². The molecule has 10 heteroatoms. The van der Waals surface area contributed by atoms with Crippen LogP contribution in [-0.4, -0.2) is 35.7 Å². The van der Waals surface area contributed by atoms with Crippen LogP contribution in [0.4, 0.5) is 11.4 Å². The highest BCUT2D eigenvalue weighted by Crippen LogP contribution is 2.33. The van der Waals surface area contributed by atoms with E-state index in [1.807, 2.05) is 31.2 Å². The third-order valence-electron chi connectivity index (χ3n) is 4.45. The van der Waals surface area contributed by atoms with Crippen LogP contribution < -0.4 is 10.6 Å². The molecule has 0 aliphatic rings. The van der Waals surface area contributed by atoms with Gasteiger partial charge < -0.3 is 19.8 Å². The number of ether oxygens (including phenoxy) is 1. The van der Waals surface area contributed by atoms with Gasteiger partial charge in [-0.2, -0.15) is 0 Å². The van der Waals surface area contributed by atoms with Crippen LogP contribution in [0.1, 0.15) is 21.1 Å². The summed E-state index contributed by atoms with van der Waals surface area (Å²) in [4.78, 5) is 24.7. The SMILES string of the molecule is COCC(=O)Nc1ccc(NC(=O)c2oc3ccccc3c2CSc2nnc(C)s2)cc1. The molecule has 4 rings (SSSR count). The van der Waals surface area contributed by atoms with Gasteiger partial charge in [0.2, 0.25) is 5.91 Å². The lowest BCUT2D eigenvalue weighted by molar-refractivity contribution is -0.119. The number of aryl methyl sites for hydroxylation is 1. The van der Waals surface area contributed by atoms with E-state index in [2.05, 4.69) is 20.8 Å². The molecule has 0 spiro atoms. The monoisotopic (exact) mass is 468 g/mol. The Morgan fingerprint density at radius 1 is 1.06 bits per heavy atom. The first-order valence-electron chi connectivity index (χ1n) is 9.67. The molecule has 2 N–H and O–H groups in total. The Kier molecular flexibility index (Phi) is 6.84. The predicted molar refractivity (Wildman–Crippen MR) is 125 cm³/mol. The number of nitrogens with zero attached hydrogens (tertiary/aromatic N) is 2. The van der Waals surface area contributed by atoms with E-state index in [0.29, 0.717) is 22.7 Å². The number of hydrogen-bond donors (Lipinski definition) is 2. The second-order valence-electron chi connectivity index (χ2n) is 6.79. The number of carbonyl (C=O) groups excluding carboxylic acids is 2. The molecule has 0 bridgehead atoms. The number of amides is 2. The summed E-state index contributed by atoms with van der Waals surface area (Å²) in [7, 11) is 1.46. The van der Waals surface area contributed by atoms with E-state index in [-0.39, 0.29) is 24.2 Å². The van der Waals surface area contributed by atoms with Crippen molar-refractivity contribution in [3.8, 4) is 0 Å². The van der Waals surface area contributed by atoms with Crippen LogP contribution in [0.3, 0.4) is 0 Å². The molecular weight excluding hydrogens is 448 g/mol. The maximum atomic E-state index is 13.0. The Labute approximate surface area is 192 Å². The number of furan rings is 1. The van der Waals surface area contributed by atoms with Crippen molar-refractivity contribution in [2.75, 3.05) is 24.4 Å². The first-order valence-corrected chi connectivity index (χ1v) is 11.5. The van der Waals surface area contributed by atoms with E-state index in [9.17, 15) is 9.59 Å². The van der Waals surface area contributed by atoms with Crippen LogP contribution in [0.15, 0.2) is 57.3 Å². The van der Waals surface area contributed by atoms with Crippen molar-refractivity contribution in [2.45, 2.75) is 17.0 Å². The number of anilines is 2. The van der Waals surface area contributed by atoms with Gasteiger partial charge in [-0.3, -0.25) is 9.59 Å². The van der Waals surface area contributed by atoms with Gasteiger partial charge >= 0.3 is 0 Å². The van der Waals surface area contributed by atoms with Crippen LogP contribution in [0.5, 0.6) is 0 Å². The van der Waals surface area contributed by atoms with E-state index in [0.717, 1.165) is 20.3 Å². The Hall–Kier alpha value is -3.21. The molecule has 0 aliphatic carbocycles. The van der Waals surface area contributed by atoms with Gasteiger partial charge in [0.1, 0.15) is 17.2 Å². The van der Waals surface area contributed by atoms with Crippen molar-refractivity contribution in [3.05, 3.63) is 64.9 Å². The molecule has 8 nitrogen and oxygen atoms in total. The Bertz CT molecular complexity index is 1250. The summed E-state index contributed by atoms with van der Waals surface area (Å²) in [5, 5.41) is 15.5. The van der Waals surface area contributed by atoms with Crippen LogP contribution in [0, 0.1) is 6.92 Å². The lowest BCUT2D eigenvalue weighted by Gasteiger charge is -2.08. The molecule has 0 saturated carbocycles. The number of aromatic nitrogens is 2. The van der Waals surface area contributed by atoms with Gasteiger partial charge in [-0.1, -0.05) is 41.3 Å². The number of methoxy groups -OCH3 is 1. The Morgan fingerprint density at radius 3 is 2.47 bits per heavy atom. The minimum Gasteiger partial charge on any atom is -0.451 e. The molecule has 0 aliphatic heterocycles. The first kappa shape index (κ1) is 22.0. The number of hydrogen-bond acceptors (Lipinski definition) is 8. The van der Waals surface area contributed by atoms with Crippen molar-refractivity contribution < 1.29 is 18.7 Å². The fourth-order valence-corrected chi connectivity index (χ4v) is 4.89. The second-order valence-corrected chi connectivity index (χ2v) is 9.20. The molecule has 2 heterocycles. The lowest BCUT2D eigenvalue weighted by Crippen LogP contribution is -2.17. The Balaban J connectivity index is 1.52. The predicted octanol–water partition coefficient (Wildman–Crippen LogP) is 4.72. The van der Waals surface area contributed by atoms with Crippen LogP contribution in [0.2, 0.25) is 0 Å². The average Bonchev–Trinajstić information content (AvgIpc) is 3.37. The summed E-state index contributed by atoms with van der Waals surface area (Å²) >= 11 is 3.03. The average molecular weight is 469 g/mol. The van der Waals surface area contributed by atoms with E-state index >= 15 is 0 Å². The number of carbonyl (C=O) groups is 2. The smallest absolute Gasteiger partial charge is 0.291 e. The fraction of sp³-hybridized carbons (Fsp3) is 0.182. The first-order chi connectivity index (χ1) is 15.5. The highest BCUT2D eigenvalue weighted by Gasteiger charge is 2.21. The lowest BCUT2D eigenvalue weighted by atomic mass is 10.1. The van der Waals surface area contributed by atoms with Crippen LogP contribution in [-0.2, 0) is 15.3 Å². The minimum atomic E-state index is -0.346. The molecule has 0 unspecified atom stereocenters. The fourth-order valence-electron chi connectivity index (χ4n) is 3.05. The molecule has 2 aromatic heterocycles. The third-order valence-corrected chi connectivity index (χ3v) is 6.45. The second kappa shape index (κ2) is 9.94. The van der Waals surface area contributed by atoms with E-state index < -0.39 is 0 Å². The van der Waals surface area contributed by atoms with E-state index in [1.54, 1.807) is 24.3 Å². The zero-order chi connectivity index (χ0) is 22.5. The summed E-state index contributed by atoms with van der Waals surface area (Å²) in [6, 6.07) is 14.4. The zero-order valence-electron chi connectivity index (χ0n) is 17.4. The summed E-state index contributed by atoms with van der Waals surface area (Å²) in [5.74, 6) is 0.192. The number of nitrogens with one attached hydrogen (secondary N) is 2. The normalized spacial score (nSPS) is 10.9. The standard InChI is InChI=1S/C22H20N4O4S2/c1-13-25-26-22(32-13)31-12-17-16-5-3-4-6-18(16)30-20(17)21(28)24-15-9-7-14(8-10-15)23-19(27)11-29-2/h3-10H,11-12H2,1-2H3,(H,23,27)(H,24,28). The van der Waals surface area contributed by atoms with Gasteiger partial charge in [0.15, 0.2) is 10.1 Å². The van der Waals surface area contributed by atoms with Crippen LogP contribution in [0.25, 0.3) is 11.0 Å². The Morgan fingerprint density at radius 2 is 1.78 bits per heavy atom. The maximum absolute atomic E-state index is 13.0. The number of thioether (sulfide) groups is 1. The highest BCUT2D eigenvalue weighted by molar-refractivity contribution is 8.00. The van der Waals surface area contributed by atoms with Crippen molar-refractivity contribution in [2.24, 2.45) is 0 Å². The van der Waals surface area contributed by atoms with Crippen molar-refractivity contribution >= 4 is 57.3 Å². The molecular formula is C22H20N4O4S2. The van der Waals surface area contributed by atoms with Gasteiger partial charge in [-0.15, -0.1) is 10.2 Å². The van der Waals surface area contributed by atoms with Gasteiger partial charge in [-0.25, -0.2) is 0 Å². The van der Waals surface area contributed by atoms with Crippen molar-refractivity contribution in [1.29, 1.82) is 0 Å². The molecule has 32 heavy (non-hydrogen) atoms. The van der Waals surface area contributed by atoms with Crippen molar-refractivity contribution in [3.63, 3.8) is 0 Å². The molecule has 0 fully saturated rings. The minimum absolute atomic E-state index is 0.0258.